The number of nitrogens with one attached hydrogen (secondary N) is 1. The summed E-state index contributed by atoms with van der Waals surface area (Å²) in [5.41, 5.74) is -0.885. The lowest BCUT2D eigenvalue weighted by molar-refractivity contribution is 0.0686. The molecular formula is C11H9F2N3O2. The van der Waals surface area contributed by atoms with Crippen LogP contribution in [0.15, 0.2) is 24.5 Å². The van der Waals surface area contributed by atoms with Crippen molar-refractivity contribution in [2.45, 2.75) is 0 Å². The minimum atomic E-state index is -1.64. The van der Waals surface area contributed by atoms with Crippen LogP contribution in [0.25, 0.3) is 0 Å². The van der Waals surface area contributed by atoms with Crippen LogP contribution >= 0.6 is 0 Å². The van der Waals surface area contributed by atoms with E-state index in [-0.39, 0.29) is 5.69 Å². The average molecular weight is 253 g/mol. The maximum absolute atomic E-state index is 13.4. The lowest BCUT2D eigenvalue weighted by Crippen LogP contribution is -2.06. The number of anilines is 2. The van der Waals surface area contributed by atoms with Crippen LogP contribution in [-0.2, 0) is 7.05 Å². The number of hydrogen-bond donors (Lipinski definition) is 2. The number of aromatic nitrogens is 2. The van der Waals surface area contributed by atoms with Crippen LogP contribution in [0.1, 0.15) is 10.4 Å². The number of hydrogen-bond acceptors (Lipinski definition) is 3. The molecule has 0 aliphatic carbocycles. The zero-order valence-corrected chi connectivity index (χ0v) is 9.32. The molecule has 0 amide bonds. The van der Waals surface area contributed by atoms with Crippen LogP contribution in [0.5, 0.6) is 0 Å². The Hall–Kier alpha value is -2.44. The van der Waals surface area contributed by atoms with E-state index in [0.717, 1.165) is 12.1 Å². The lowest BCUT2D eigenvalue weighted by Gasteiger charge is -2.08. The third-order valence-corrected chi connectivity index (χ3v) is 2.33. The molecule has 18 heavy (non-hydrogen) atoms. The maximum atomic E-state index is 13.4. The molecule has 0 unspecified atom stereocenters. The minimum absolute atomic E-state index is 0.0873. The first kappa shape index (κ1) is 12.0. The predicted octanol–water partition coefficient (Wildman–Crippen LogP) is 2.14. The van der Waals surface area contributed by atoms with E-state index in [0.29, 0.717) is 5.95 Å². The standard InChI is InChI=1S/C11H9F2N3O2/c1-16-3-2-14-11(16)15-6-4-7(12)9(10(17)18)8(13)5-6/h2-5H,1H3,(H,14,15)(H,17,18). The molecule has 0 radical (unpaired) electrons. The number of rotatable bonds is 3. The molecule has 0 aliphatic heterocycles. The monoisotopic (exact) mass is 253 g/mol. The second-order valence-electron chi connectivity index (χ2n) is 3.61. The fourth-order valence-electron chi connectivity index (χ4n) is 1.46. The lowest BCUT2D eigenvalue weighted by atomic mass is 10.2. The molecule has 5 nitrogen and oxygen atoms in total. The molecule has 2 aromatic rings. The summed E-state index contributed by atoms with van der Waals surface area (Å²) < 4.78 is 28.4. The van der Waals surface area contributed by atoms with Crippen molar-refractivity contribution in [3.05, 3.63) is 41.7 Å². The van der Waals surface area contributed by atoms with Gasteiger partial charge in [0.1, 0.15) is 17.2 Å². The van der Waals surface area contributed by atoms with Crippen molar-refractivity contribution in [3.8, 4) is 0 Å². The van der Waals surface area contributed by atoms with E-state index in [2.05, 4.69) is 10.3 Å². The minimum Gasteiger partial charge on any atom is -0.477 e. The van der Waals surface area contributed by atoms with E-state index >= 15 is 0 Å². The molecule has 1 aromatic heterocycles. The van der Waals surface area contributed by atoms with E-state index in [1.54, 1.807) is 17.8 Å². The van der Waals surface area contributed by atoms with Gasteiger partial charge < -0.3 is 15.0 Å². The van der Waals surface area contributed by atoms with E-state index in [4.69, 9.17) is 5.11 Å². The highest BCUT2D eigenvalue weighted by molar-refractivity contribution is 5.88. The molecule has 0 fully saturated rings. The summed E-state index contributed by atoms with van der Waals surface area (Å²) in [5, 5.41) is 11.3. The van der Waals surface area contributed by atoms with Gasteiger partial charge in [0.05, 0.1) is 0 Å². The highest BCUT2D eigenvalue weighted by Crippen LogP contribution is 2.21. The number of carboxylic acids is 1. The van der Waals surface area contributed by atoms with Gasteiger partial charge in [0.2, 0.25) is 5.95 Å². The first-order chi connectivity index (χ1) is 8.49. The summed E-state index contributed by atoms with van der Waals surface area (Å²) in [6.45, 7) is 0. The quantitative estimate of drug-likeness (QED) is 0.879. The Bertz CT molecular complexity index is 587. The van der Waals surface area contributed by atoms with Crippen molar-refractivity contribution in [3.63, 3.8) is 0 Å². The van der Waals surface area contributed by atoms with Gasteiger partial charge in [-0.25, -0.2) is 18.6 Å². The summed E-state index contributed by atoms with van der Waals surface area (Å²) in [6, 6.07) is 1.81. The zero-order chi connectivity index (χ0) is 13.3. The number of halogens is 2. The van der Waals surface area contributed by atoms with Crippen LogP contribution < -0.4 is 5.32 Å². The molecule has 7 heteroatoms. The number of carbonyl (C=O) groups is 1. The predicted molar refractivity (Wildman–Crippen MR) is 59.8 cm³/mol. The van der Waals surface area contributed by atoms with Crippen LogP contribution in [0, 0.1) is 11.6 Å². The molecule has 0 atom stereocenters. The second kappa shape index (κ2) is 4.44. The fraction of sp³-hybridized carbons (Fsp3) is 0.0909. The van der Waals surface area contributed by atoms with Gasteiger partial charge in [-0.15, -0.1) is 0 Å². The van der Waals surface area contributed by atoms with Crippen LogP contribution in [-0.4, -0.2) is 20.6 Å². The smallest absolute Gasteiger partial charge is 0.341 e. The molecule has 0 spiro atoms. The van der Waals surface area contributed by atoms with E-state index in [1.807, 2.05) is 0 Å². The molecule has 0 saturated carbocycles. The molecule has 0 aliphatic rings. The number of carboxylic acid groups (broad SMARTS) is 1. The molecule has 1 aromatic carbocycles. The van der Waals surface area contributed by atoms with Gasteiger partial charge in [-0.1, -0.05) is 0 Å². The Morgan fingerprint density at radius 2 is 2.00 bits per heavy atom. The number of aryl methyl sites for hydroxylation is 1. The van der Waals surface area contributed by atoms with Gasteiger partial charge >= 0.3 is 5.97 Å². The fourth-order valence-corrected chi connectivity index (χ4v) is 1.46. The molecule has 0 bridgehead atoms. The summed E-state index contributed by atoms with van der Waals surface area (Å²) in [6.07, 6.45) is 3.17. The van der Waals surface area contributed by atoms with Crippen molar-refractivity contribution in [1.29, 1.82) is 0 Å². The summed E-state index contributed by atoms with van der Waals surface area (Å²) in [5.74, 6) is -3.54. The maximum Gasteiger partial charge on any atom is 0.341 e. The third kappa shape index (κ3) is 2.15. The van der Waals surface area contributed by atoms with Crippen LogP contribution in [0.4, 0.5) is 20.4 Å². The third-order valence-electron chi connectivity index (χ3n) is 2.33. The first-order valence-corrected chi connectivity index (χ1v) is 4.95. The zero-order valence-electron chi connectivity index (χ0n) is 9.32. The number of nitrogens with zero attached hydrogens (tertiary/aromatic N) is 2. The normalized spacial score (nSPS) is 10.4. The summed E-state index contributed by atoms with van der Waals surface area (Å²) in [7, 11) is 1.70. The van der Waals surface area contributed by atoms with Gasteiger partial charge in [-0.3, -0.25) is 0 Å². The summed E-state index contributed by atoms with van der Waals surface area (Å²) in [4.78, 5) is 14.5. The molecule has 94 valence electrons. The Morgan fingerprint density at radius 3 is 2.44 bits per heavy atom. The summed E-state index contributed by atoms with van der Waals surface area (Å²) >= 11 is 0. The van der Waals surface area contributed by atoms with Crippen molar-refractivity contribution in [1.82, 2.24) is 9.55 Å². The Morgan fingerprint density at radius 1 is 1.39 bits per heavy atom. The highest BCUT2D eigenvalue weighted by atomic mass is 19.1. The van der Waals surface area contributed by atoms with E-state index in [1.165, 1.54) is 6.20 Å². The topological polar surface area (TPSA) is 67.2 Å². The largest absolute Gasteiger partial charge is 0.477 e. The molecule has 1 heterocycles. The van der Waals surface area contributed by atoms with Crippen LogP contribution in [0.2, 0.25) is 0 Å². The number of imidazole rings is 1. The van der Waals surface area contributed by atoms with Gasteiger partial charge in [-0.2, -0.15) is 0 Å². The molecule has 0 saturated heterocycles. The van der Waals surface area contributed by atoms with Crippen LogP contribution in [0.3, 0.4) is 0 Å². The first-order valence-electron chi connectivity index (χ1n) is 4.95. The van der Waals surface area contributed by atoms with Crippen molar-refractivity contribution in [2.75, 3.05) is 5.32 Å². The van der Waals surface area contributed by atoms with E-state index < -0.39 is 23.2 Å². The second-order valence-corrected chi connectivity index (χ2v) is 3.61. The van der Waals surface area contributed by atoms with Gasteiger partial charge in [0.15, 0.2) is 0 Å². The number of benzene rings is 1. The Labute approximate surface area is 101 Å². The van der Waals surface area contributed by atoms with Gasteiger partial charge in [-0.05, 0) is 12.1 Å². The highest BCUT2D eigenvalue weighted by Gasteiger charge is 2.18. The van der Waals surface area contributed by atoms with Crippen molar-refractivity contribution in [2.24, 2.45) is 7.05 Å². The molecule has 2 N–H and O–H groups in total. The SMILES string of the molecule is Cn1ccnc1Nc1cc(F)c(C(=O)O)c(F)c1. The van der Waals surface area contributed by atoms with E-state index in [9.17, 15) is 13.6 Å². The number of aromatic carboxylic acids is 1. The Kier molecular flexibility index (Phi) is 2.97. The van der Waals surface area contributed by atoms with Crippen molar-refractivity contribution >= 4 is 17.6 Å². The molecular weight excluding hydrogens is 244 g/mol. The average Bonchev–Trinajstić information content (AvgIpc) is 2.62. The van der Waals surface area contributed by atoms with Gasteiger partial charge in [0.25, 0.3) is 0 Å². The van der Waals surface area contributed by atoms with Gasteiger partial charge in [0, 0.05) is 25.1 Å². The Balaban J connectivity index is 2.37. The molecule has 2 rings (SSSR count). The van der Waals surface area contributed by atoms with Crippen molar-refractivity contribution < 1.29 is 18.7 Å².